The molecule has 0 amide bonds. The van der Waals surface area contributed by atoms with Crippen LogP contribution in [0.15, 0.2) is 0 Å². The second-order valence-corrected chi connectivity index (χ2v) is 1.84. The van der Waals surface area contributed by atoms with Crippen molar-refractivity contribution in [2.45, 2.75) is 19.2 Å². The summed E-state index contributed by atoms with van der Waals surface area (Å²) in [4.78, 5) is 10.1. The van der Waals surface area contributed by atoms with E-state index in [0.29, 0.717) is 6.92 Å². The van der Waals surface area contributed by atoms with E-state index in [-0.39, 0.29) is 0 Å². The summed E-state index contributed by atoms with van der Waals surface area (Å²) in [5.41, 5.74) is 0. The molecular weight excluding hydrogens is 165 g/mol. The van der Waals surface area contributed by atoms with E-state index in [1.165, 1.54) is 0 Å². The molecule has 3 nitrogen and oxygen atoms in total. The molecule has 11 heavy (non-hydrogen) atoms. The molecule has 66 valence electrons. The SMILES string of the molecule is COC(=O)OC(C)(F)C(F)F. The molecule has 0 saturated carbocycles. The molecule has 0 heterocycles. The molecule has 0 aliphatic carbocycles. The van der Waals surface area contributed by atoms with Crippen LogP contribution in [-0.2, 0) is 9.47 Å². The summed E-state index contributed by atoms with van der Waals surface area (Å²) >= 11 is 0. The van der Waals surface area contributed by atoms with E-state index in [2.05, 4.69) is 9.47 Å². The Bertz CT molecular complexity index is 146. The summed E-state index contributed by atoms with van der Waals surface area (Å²) in [5.74, 6) is -3.28. The second kappa shape index (κ2) is 3.45. The monoisotopic (exact) mass is 172 g/mol. The Balaban J connectivity index is 4.01. The van der Waals surface area contributed by atoms with Gasteiger partial charge >= 0.3 is 18.4 Å². The number of hydrogen-bond acceptors (Lipinski definition) is 3. The highest BCUT2D eigenvalue weighted by Gasteiger charge is 2.39. The van der Waals surface area contributed by atoms with Crippen LogP contribution in [0.5, 0.6) is 0 Å². The molecule has 0 fully saturated rings. The van der Waals surface area contributed by atoms with E-state index >= 15 is 0 Å². The quantitative estimate of drug-likeness (QED) is 0.595. The van der Waals surface area contributed by atoms with Crippen LogP contribution >= 0.6 is 0 Å². The normalized spacial score (nSPS) is 15.8. The number of carbonyl (C=O) groups is 1. The molecule has 0 radical (unpaired) electrons. The van der Waals surface area contributed by atoms with Crippen molar-refractivity contribution in [3.63, 3.8) is 0 Å². The Morgan fingerprint density at radius 2 is 2.00 bits per heavy atom. The van der Waals surface area contributed by atoms with Crippen LogP contribution in [0, 0.1) is 0 Å². The van der Waals surface area contributed by atoms with Crippen molar-refractivity contribution in [1.82, 2.24) is 0 Å². The van der Waals surface area contributed by atoms with Crippen molar-refractivity contribution in [2.75, 3.05) is 7.11 Å². The maximum absolute atomic E-state index is 12.4. The third-order valence-electron chi connectivity index (χ3n) is 0.839. The molecule has 1 unspecified atom stereocenters. The lowest BCUT2D eigenvalue weighted by atomic mass is 10.4. The van der Waals surface area contributed by atoms with Gasteiger partial charge < -0.3 is 9.47 Å². The summed E-state index contributed by atoms with van der Waals surface area (Å²) in [6, 6.07) is 0. The highest BCUT2D eigenvalue weighted by atomic mass is 19.3. The van der Waals surface area contributed by atoms with E-state index in [4.69, 9.17) is 0 Å². The molecule has 0 N–H and O–H groups in total. The smallest absolute Gasteiger partial charge is 0.438 e. The van der Waals surface area contributed by atoms with Crippen LogP contribution < -0.4 is 0 Å². The third-order valence-corrected chi connectivity index (χ3v) is 0.839. The zero-order valence-electron chi connectivity index (χ0n) is 5.94. The highest BCUT2D eigenvalue weighted by Crippen LogP contribution is 2.21. The minimum Gasteiger partial charge on any atom is -0.438 e. The van der Waals surface area contributed by atoms with Crippen LogP contribution in [-0.4, -0.2) is 25.5 Å². The average molecular weight is 172 g/mol. The molecule has 0 spiro atoms. The molecule has 0 bridgehead atoms. The number of methoxy groups -OCH3 is 1. The van der Waals surface area contributed by atoms with Crippen LogP contribution in [0.4, 0.5) is 18.0 Å². The summed E-state index contributed by atoms with van der Waals surface area (Å²) in [6.45, 7) is 0.439. The van der Waals surface area contributed by atoms with E-state index < -0.39 is 18.4 Å². The number of ether oxygens (including phenoxy) is 2. The molecule has 0 aromatic carbocycles. The molecule has 6 heteroatoms. The third kappa shape index (κ3) is 3.10. The van der Waals surface area contributed by atoms with Gasteiger partial charge in [0.25, 0.3) is 0 Å². The topological polar surface area (TPSA) is 35.5 Å². The van der Waals surface area contributed by atoms with Gasteiger partial charge in [0.2, 0.25) is 0 Å². The van der Waals surface area contributed by atoms with Crippen molar-refractivity contribution in [1.29, 1.82) is 0 Å². The largest absolute Gasteiger partial charge is 0.510 e. The maximum Gasteiger partial charge on any atom is 0.510 e. The van der Waals surface area contributed by atoms with Crippen molar-refractivity contribution < 1.29 is 27.4 Å². The number of alkyl halides is 3. The van der Waals surface area contributed by atoms with Crippen LogP contribution in [0.2, 0.25) is 0 Å². The lowest BCUT2D eigenvalue weighted by Crippen LogP contribution is -2.34. The van der Waals surface area contributed by atoms with Crippen molar-refractivity contribution in [2.24, 2.45) is 0 Å². The molecule has 1 atom stereocenters. The van der Waals surface area contributed by atoms with Gasteiger partial charge in [0.05, 0.1) is 7.11 Å². The van der Waals surface area contributed by atoms with Gasteiger partial charge in [-0.05, 0) is 0 Å². The first kappa shape index (κ1) is 10.1. The number of hydrogen-bond donors (Lipinski definition) is 0. The Morgan fingerprint density at radius 1 is 1.55 bits per heavy atom. The van der Waals surface area contributed by atoms with E-state index in [9.17, 15) is 18.0 Å². The van der Waals surface area contributed by atoms with Gasteiger partial charge in [-0.2, -0.15) is 4.39 Å². The fourth-order valence-corrected chi connectivity index (χ4v) is 0.249. The lowest BCUT2D eigenvalue weighted by Gasteiger charge is -2.17. The molecule has 0 aromatic heterocycles. The first-order valence-corrected chi connectivity index (χ1v) is 2.64. The first-order valence-electron chi connectivity index (χ1n) is 2.64. The summed E-state index contributed by atoms with van der Waals surface area (Å²) in [7, 11) is 0.893. The van der Waals surface area contributed by atoms with Gasteiger partial charge in [0.15, 0.2) is 0 Å². The zero-order chi connectivity index (χ0) is 9.07. The average Bonchev–Trinajstić information content (AvgIpc) is 1.86. The molecule has 0 aromatic rings. The number of rotatable bonds is 2. The van der Waals surface area contributed by atoms with Gasteiger partial charge in [0.1, 0.15) is 0 Å². The van der Waals surface area contributed by atoms with Crippen LogP contribution in [0.1, 0.15) is 6.92 Å². The van der Waals surface area contributed by atoms with Crippen molar-refractivity contribution in [3.8, 4) is 0 Å². The Hall–Kier alpha value is -0.940. The molecule has 0 aliphatic heterocycles. The van der Waals surface area contributed by atoms with Gasteiger partial charge in [-0.25, -0.2) is 13.6 Å². The molecule has 0 aliphatic rings. The van der Waals surface area contributed by atoms with Crippen molar-refractivity contribution in [3.05, 3.63) is 0 Å². The predicted molar refractivity (Wildman–Crippen MR) is 29.0 cm³/mol. The zero-order valence-corrected chi connectivity index (χ0v) is 5.94. The standard InChI is InChI=1S/C5H7F3O3/c1-5(8,3(6)7)11-4(9)10-2/h3H,1-2H3. The minimum absolute atomic E-state index is 0.439. The maximum atomic E-state index is 12.4. The predicted octanol–water partition coefficient (Wildman–Crippen LogP) is 1.72. The Kier molecular flexibility index (Phi) is 3.16. The minimum atomic E-state index is -3.39. The Morgan fingerprint density at radius 3 is 2.27 bits per heavy atom. The van der Waals surface area contributed by atoms with Gasteiger partial charge in [-0.3, -0.25) is 0 Å². The molecule has 0 rings (SSSR count). The fraction of sp³-hybridized carbons (Fsp3) is 0.800. The summed E-state index contributed by atoms with van der Waals surface area (Å²) < 4.78 is 43.0. The van der Waals surface area contributed by atoms with E-state index in [1.807, 2.05) is 0 Å². The summed E-state index contributed by atoms with van der Waals surface area (Å²) in [5, 5.41) is 0. The molecular formula is C5H7F3O3. The van der Waals surface area contributed by atoms with Gasteiger partial charge in [-0.1, -0.05) is 0 Å². The number of halogens is 3. The van der Waals surface area contributed by atoms with Gasteiger partial charge in [0, 0.05) is 6.92 Å². The van der Waals surface area contributed by atoms with Crippen LogP contribution in [0.25, 0.3) is 0 Å². The van der Waals surface area contributed by atoms with E-state index in [1.54, 1.807) is 0 Å². The highest BCUT2D eigenvalue weighted by molar-refractivity contribution is 5.60. The Labute approximate surface area is 61.1 Å². The van der Waals surface area contributed by atoms with Gasteiger partial charge in [-0.15, -0.1) is 0 Å². The van der Waals surface area contributed by atoms with E-state index in [0.717, 1.165) is 7.11 Å². The first-order chi connectivity index (χ1) is 4.90. The lowest BCUT2D eigenvalue weighted by molar-refractivity contribution is -0.184. The molecule has 0 saturated heterocycles. The van der Waals surface area contributed by atoms with Crippen molar-refractivity contribution >= 4 is 6.16 Å². The van der Waals surface area contributed by atoms with Crippen LogP contribution in [0.3, 0.4) is 0 Å². The second-order valence-electron chi connectivity index (χ2n) is 1.84. The summed E-state index contributed by atoms with van der Waals surface area (Å²) in [6.07, 6.45) is -4.86. The number of carbonyl (C=O) groups excluding carboxylic acids is 1. The fourth-order valence-electron chi connectivity index (χ4n) is 0.249.